The first-order valence-electron chi connectivity index (χ1n) is 6.68. The Morgan fingerprint density at radius 2 is 2.14 bits per heavy atom. The van der Waals surface area contributed by atoms with Crippen molar-refractivity contribution in [3.8, 4) is 5.75 Å². The van der Waals surface area contributed by atoms with Gasteiger partial charge < -0.3 is 14.5 Å². The Morgan fingerprint density at radius 1 is 1.32 bits per heavy atom. The number of hydrogen-bond donors (Lipinski definition) is 1. The van der Waals surface area contributed by atoms with Crippen LogP contribution in [-0.2, 0) is 0 Å². The number of methoxy groups -OCH3 is 1. The lowest BCUT2D eigenvalue weighted by atomic mass is 10.2. The first-order valence-corrected chi connectivity index (χ1v) is 7.06. The summed E-state index contributed by atoms with van der Waals surface area (Å²) in [5, 5.41) is 3.24. The number of imidazole rings is 1. The Hall–Kier alpha value is -2.53. The monoisotopic (exact) mass is 315 g/mol. The molecule has 0 bridgehead atoms. The Balaban J connectivity index is 1.92. The predicted molar refractivity (Wildman–Crippen MR) is 85.9 cm³/mol. The molecule has 6 heteroatoms. The summed E-state index contributed by atoms with van der Waals surface area (Å²) in [6.07, 6.45) is 1.87. The highest BCUT2D eigenvalue weighted by molar-refractivity contribution is 6.32. The summed E-state index contributed by atoms with van der Waals surface area (Å²) in [7, 11) is 1.54. The molecule has 0 radical (unpaired) electrons. The number of anilines is 1. The number of hydrogen-bond acceptors (Lipinski definition) is 3. The molecule has 5 nitrogen and oxygen atoms in total. The first-order chi connectivity index (χ1) is 10.6. The molecule has 0 saturated carbocycles. The smallest absolute Gasteiger partial charge is 0.276 e. The van der Waals surface area contributed by atoms with E-state index in [1.165, 1.54) is 0 Å². The quantitative estimate of drug-likeness (QED) is 0.804. The fourth-order valence-electron chi connectivity index (χ4n) is 2.29. The molecule has 0 aliphatic rings. The molecule has 1 aromatic carbocycles. The number of nitrogens with one attached hydrogen (secondary N) is 1. The van der Waals surface area contributed by atoms with Gasteiger partial charge in [-0.25, -0.2) is 4.98 Å². The molecule has 22 heavy (non-hydrogen) atoms. The van der Waals surface area contributed by atoms with Gasteiger partial charge in [-0.1, -0.05) is 17.7 Å². The SMILES string of the molecule is COc1ccc(NC(=O)c2nc(C)n3ccccc23)cc1Cl. The van der Waals surface area contributed by atoms with Crippen molar-refractivity contribution in [3.05, 3.63) is 59.1 Å². The van der Waals surface area contributed by atoms with Crippen LogP contribution in [0.25, 0.3) is 5.52 Å². The predicted octanol–water partition coefficient (Wildman–Crippen LogP) is 3.56. The Bertz CT molecular complexity index is 858. The third-order valence-corrected chi connectivity index (χ3v) is 3.64. The fourth-order valence-corrected chi connectivity index (χ4v) is 2.55. The van der Waals surface area contributed by atoms with E-state index in [-0.39, 0.29) is 5.91 Å². The van der Waals surface area contributed by atoms with Crippen molar-refractivity contribution in [3.63, 3.8) is 0 Å². The number of ether oxygens (including phenoxy) is 1. The van der Waals surface area contributed by atoms with Gasteiger partial charge in [0.2, 0.25) is 0 Å². The van der Waals surface area contributed by atoms with Gasteiger partial charge in [0, 0.05) is 11.9 Å². The van der Waals surface area contributed by atoms with Crippen molar-refractivity contribution < 1.29 is 9.53 Å². The maximum atomic E-state index is 12.4. The third-order valence-electron chi connectivity index (χ3n) is 3.35. The Labute approximate surface area is 132 Å². The molecule has 1 amide bonds. The number of rotatable bonds is 3. The van der Waals surface area contributed by atoms with Crippen LogP contribution in [0.4, 0.5) is 5.69 Å². The van der Waals surface area contributed by atoms with Crippen LogP contribution in [0.15, 0.2) is 42.6 Å². The minimum Gasteiger partial charge on any atom is -0.495 e. The molecular formula is C16H14ClN3O2. The molecule has 112 valence electrons. The molecule has 1 N–H and O–H groups in total. The summed E-state index contributed by atoms with van der Waals surface area (Å²) in [6.45, 7) is 1.86. The number of nitrogens with zero attached hydrogens (tertiary/aromatic N) is 2. The highest BCUT2D eigenvalue weighted by Gasteiger charge is 2.16. The number of halogens is 1. The number of pyridine rings is 1. The van der Waals surface area contributed by atoms with E-state index in [2.05, 4.69) is 10.3 Å². The van der Waals surface area contributed by atoms with Crippen LogP contribution >= 0.6 is 11.6 Å². The highest BCUT2D eigenvalue weighted by atomic mass is 35.5. The maximum absolute atomic E-state index is 12.4. The van der Waals surface area contributed by atoms with Gasteiger partial charge in [-0.15, -0.1) is 0 Å². The van der Waals surface area contributed by atoms with Crippen molar-refractivity contribution in [1.82, 2.24) is 9.38 Å². The van der Waals surface area contributed by atoms with Gasteiger partial charge in [-0.3, -0.25) is 4.79 Å². The summed E-state index contributed by atoms with van der Waals surface area (Å²) >= 11 is 6.06. The van der Waals surface area contributed by atoms with E-state index in [4.69, 9.17) is 16.3 Å². The zero-order valence-corrected chi connectivity index (χ0v) is 12.9. The van der Waals surface area contributed by atoms with Crippen LogP contribution in [0.3, 0.4) is 0 Å². The van der Waals surface area contributed by atoms with E-state index in [0.717, 1.165) is 11.3 Å². The van der Waals surface area contributed by atoms with Gasteiger partial charge in [0.05, 0.1) is 17.6 Å². The zero-order chi connectivity index (χ0) is 15.7. The zero-order valence-electron chi connectivity index (χ0n) is 12.1. The highest BCUT2D eigenvalue weighted by Crippen LogP contribution is 2.27. The maximum Gasteiger partial charge on any atom is 0.276 e. The van der Waals surface area contributed by atoms with Gasteiger partial charge >= 0.3 is 0 Å². The second-order valence-corrected chi connectivity index (χ2v) is 5.17. The van der Waals surface area contributed by atoms with E-state index in [1.807, 2.05) is 35.7 Å². The third kappa shape index (κ3) is 2.51. The number of carbonyl (C=O) groups excluding carboxylic acids is 1. The number of carbonyl (C=O) groups is 1. The van der Waals surface area contributed by atoms with Gasteiger partial charge in [-0.2, -0.15) is 0 Å². The number of fused-ring (bicyclic) bond motifs is 1. The molecule has 0 atom stereocenters. The van der Waals surface area contributed by atoms with E-state index in [0.29, 0.717) is 22.2 Å². The molecule has 3 aromatic rings. The van der Waals surface area contributed by atoms with Crippen LogP contribution in [-0.4, -0.2) is 22.4 Å². The molecule has 3 rings (SSSR count). The molecule has 2 aromatic heterocycles. The van der Waals surface area contributed by atoms with E-state index < -0.39 is 0 Å². The average molecular weight is 316 g/mol. The topological polar surface area (TPSA) is 55.6 Å². The van der Waals surface area contributed by atoms with Crippen molar-refractivity contribution in [2.45, 2.75) is 6.92 Å². The van der Waals surface area contributed by atoms with E-state index in [9.17, 15) is 4.79 Å². The Kier molecular flexibility index (Phi) is 3.73. The van der Waals surface area contributed by atoms with Crippen LogP contribution in [0.5, 0.6) is 5.75 Å². The summed E-state index contributed by atoms with van der Waals surface area (Å²) in [6, 6.07) is 10.7. The summed E-state index contributed by atoms with van der Waals surface area (Å²) < 4.78 is 6.96. The molecule has 0 saturated heterocycles. The second-order valence-electron chi connectivity index (χ2n) is 4.77. The van der Waals surface area contributed by atoms with Crippen LogP contribution in [0.2, 0.25) is 5.02 Å². The number of amides is 1. The summed E-state index contributed by atoms with van der Waals surface area (Å²) in [4.78, 5) is 16.8. The van der Waals surface area contributed by atoms with Gasteiger partial charge in [0.15, 0.2) is 5.69 Å². The lowest BCUT2D eigenvalue weighted by Crippen LogP contribution is -2.12. The summed E-state index contributed by atoms with van der Waals surface area (Å²) in [5.74, 6) is 1.04. The normalized spacial score (nSPS) is 10.7. The molecule has 0 aliphatic carbocycles. The number of aryl methyl sites for hydroxylation is 1. The van der Waals surface area contributed by atoms with E-state index >= 15 is 0 Å². The lowest BCUT2D eigenvalue weighted by Gasteiger charge is -2.07. The molecule has 0 fully saturated rings. The van der Waals surface area contributed by atoms with Crippen LogP contribution < -0.4 is 10.1 Å². The van der Waals surface area contributed by atoms with Gasteiger partial charge in [-0.05, 0) is 37.3 Å². The van der Waals surface area contributed by atoms with Crippen molar-refractivity contribution in [1.29, 1.82) is 0 Å². The average Bonchev–Trinajstić information content (AvgIpc) is 2.85. The number of aromatic nitrogens is 2. The lowest BCUT2D eigenvalue weighted by molar-refractivity contribution is 0.102. The Morgan fingerprint density at radius 3 is 2.86 bits per heavy atom. The second kappa shape index (κ2) is 5.69. The molecular weight excluding hydrogens is 302 g/mol. The van der Waals surface area contributed by atoms with Crippen molar-refractivity contribution in [2.24, 2.45) is 0 Å². The van der Waals surface area contributed by atoms with Gasteiger partial charge in [0.25, 0.3) is 5.91 Å². The largest absolute Gasteiger partial charge is 0.495 e. The molecule has 0 unspecified atom stereocenters. The summed E-state index contributed by atoms with van der Waals surface area (Å²) in [5.41, 5.74) is 1.73. The first kappa shape index (κ1) is 14.4. The molecule has 2 heterocycles. The van der Waals surface area contributed by atoms with Gasteiger partial charge in [0.1, 0.15) is 11.6 Å². The van der Waals surface area contributed by atoms with Crippen LogP contribution in [0, 0.1) is 6.92 Å². The van der Waals surface area contributed by atoms with Crippen LogP contribution in [0.1, 0.15) is 16.3 Å². The van der Waals surface area contributed by atoms with E-state index in [1.54, 1.807) is 25.3 Å². The number of benzene rings is 1. The molecule has 0 spiro atoms. The minimum atomic E-state index is -0.280. The van der Waals surface area contributed by atoms with Crippen molar-refractivity contribution in [2.75, 3.05) is 12.4 Å². The minimum absolute atomic E-state index is 0.280. The fraction of sp³-hybridized carbons (Fsp3) is 0.125. The standard InChI is InChI=1S/C16H14ClN3O2/c1-10-18-15(13-5-3-4-8-20(10)13)16(21)19-11-6-7-14(22-2)12(17)9-11/h3-9H,1-2H3,(H,19,21). The van der Waals surface area contributed by atoms with Crippen molar-refractivity contribution >= 4 is 28.7 Å². The molecule has 0 aliphatic heterocycles.